The molecule has 6 heteroatoms. The predicted molar refractivity (Wildman–Crippen MR) is 94.7 cm³/mol. The van der Waals surface area contributed by atoms with Crippen LogP contribution in [0.15, 0.2) is 48.6 Å². The lowest BCUT2D eigenvalue weighted by atomic mass is 10.1. The SMILES string of the molecule is C=C(C)C(=O)OCCc1ccc2nn(-c3cc(C)ccc3O)nc2c1. The Balaban J connectivity index is 1.81. The molecule has 6 nitrogen and oxygen atoms in total. The highest BCUT2D eigenvalue weighted by molar-refractivity contribution is 5.86. The summed E-state index contributed by atoms with van der Waals surface area (Å²) in [7, 11) is 0. The van der Waals surface area contributed by atoms with Gasteiger partial charge in [0.15, 0.2) is 0 Å². The van der Waals surface area contributed by atoms with Gasteiger partial charge in [-0.05, 0) is 49.2 Å². The van der Waals surface area contributed by atoms with Gasteiger partial charge in [-0.2, -0.15) is 0 Å². The van der Waals surface area contributed by atoms with Crippen molar-refractivity contribution in [2.24, 2.45) is 0 Å². The maximum Gasteiger partial charge on any atom is 0.333 e. The van der Waals surface area contributed by atoms with E-state index in [-0.39, 0.29) is 18.3 Å². The molecule has 3 rings (SSSR count). The lowest BCUT2D eigenvalue weighted by molar-refractivity contribution is -0.138. The van der Waals surface area contributed by atoms with E-state index in [1.165, 1.54) is 4.80 Å². The first-order valence-corrected chi connectivity index (χ1v) is 7.92. The first kappa shape index (κ1) is 16.7. The molecule has 3 aromatic rings. The van der Waals surface area contributed by atoms with Crippen LogP contribution < -0.4 is 0 Å². The summed E-state index contributed by atoms with van der Waals surface area (Å²) >= 11 is 0. The fourth-order valence-corrected chi connectivity index (χ4v) is 2.40. The van der Waals surface area contributed by atoms with Crippen LogP contribution in [0.2, 0.25) is 0 Å². The van der Waals surface area contributed by atoms with Crippen LogP contribution in [0, 0.1) is 6.92 Å². The lowest BCUT2D eigenvalue weighted by Crippen LogP contribution is -2.07. The minimum atomic E-state index is -0.387. The van der Waals surface area contributed by atoms with Gasteiger partial charge in [-0.15, -0.1) is 15.0 Å². The average molecular weight is 337 g/mol. The molecular weight excluding hydrogens is 318 g/mol. The highest BCUT2D eigenvalue weighted by Gasteiger charge is 2.10. The number of hydrogen-bond donors (Lipinski definition) is 1. The molecule has 0 unspecified atom stereocenters. The molecule has 25 heavy (non-hydrogen) atoms. The third-order valence-corrected chi connectivity index (χ3v) is 3.76. The van der Waals surface area contributed by atoms with Gasteiger partial charge >= 0.3 is 5.97 Å². The second-order valence-electron chi connectivity index (χ2n) is 5.97. The number of aryl methyl sites for hydroxylation is 1. The van der Waals surface area contributed by atoms with Gasteiger partial charge in [0.25, 0.3) is 0 Å². The highest BCUT2D eigenvalue weighted by Crippen LogP contribution is 2.23. The summed E-state index contributed by atoms with van der Waals surface area (Å²) in [4.78, 5) is 12.8. The zero-order valence-corrected chi connectivity index (χ0v) is 14.2. The Morgan fingerprint density at radius 1 is 1.20 bits per heavy atom. The van der Waals surface area contributed by atoms with Gasteiger partial charge < -0.3 is 9.84 Å². The van der Waals surface area contributed by atoms with Crippen molar-refractivity contribution in [2.45, 2.75) is 20.3 Å². The van der Waals surface area contributed by atoms with Crippen LogP contribution in [0.4, 0.5) is 0 Å². The minimum absolute atomic E-state index is 0.123. The van der Waals surface area contributed by atoms with Crippen LogP contribution in [0.1, 0.15) is 18.1 Å². The Labute approximate surface area is 145 Å². The molecule has 0 fully saturated rings. The van der Waals surface area contributed by atoms with Crippen molar-refractivity contribution in [2.75, 3.05) is 6.61 Å². The Hall–Kier alpha value is -3.15. The number of nitrogens with zero attached hydrogens (tertiary/aromatic N) is 3. The lowest BCUT2D eigenvalue weighted by Gasteiger charge is -2.04. The quantitative estimate of drug-likeness (QED) is 0.572. The van der Waals surface area contributed by atoms with E-state index in [0.717, 1.165) is 16.6 Å². The zero-order valence-electron chi connectivity index (χ0n) is 14.2. The van der Waals surface area contributed by atoms with E-state index in [1.807, 2.05) is 37.3 Å². The van der Waals surface area contributed by atoms with E-state index in [2.05, 4.69) is 16.8 Å². The molecule has 0 radical (unpaired) electrons. The van der Waals surface area contributed by atoms with Gasteiger partial charge in [0.05, 0.1) is 6.61 Å². The summed E-state index contributed by atoms with van der Waals surface area (Å²) in [6.45, 7) is 7.39. The summed E-state index contributed by atoms with van der Waals surface area (Å²) in [6, 6.07) is 11.0. The number of aromatic nitrogens is 3. The Kier molecular flexibility index (Phi) is 4.52. The fraction of sp³-hybridized carbons (Fsp3) is 0.211. The number of hydrogen-bond acceptors (Lipinski definition) is 5. The number of phenolic OH excluding ortho intramolecular Hbond substituents is 1. The van der Waals surface area contributed by atoms with Crippen molar-refractivity contribution >= 4 is 17.0 Å². The molecule has 0 spiro atoms. The van der Waals surface area contributed by atoms with Gasteiger partial charge in [-0.3, -0.25) is 0 Å². The van der Waals surface area contributed by atoms with Crippen LogP contribution in [0.5, 0.6) is 5.75 Å². The monoisotopic (exact) mass is 337 g/mol. The van der Waals surface area contributed by atoms with Crippen LogP contribution in [0.25, 0.3) is 16.7 Å². The van der Waals surface area contributed by atoms with Crippen LogP contribution in [-0.4, -0.2) is 32.7 Å². The Morgan fingerprint density at radius 2 is 1.96 bits per heavy atom. The largest absolute Gasteiger partial charge is 0.506 e. The molecule has 1 N–H and O–H groups in total. The van der Waals surface area contributed by atoms with Gasteiger partial charge in [-0.1, -0.05) is 18.7 Å². The number of fused-ring (bicyclic) bond motifs is 1. The average Bonchev–Trinajstić information content (AvgIpc) is 2.99. The van der Waals surface area contributed by atoms with E-state index in [9.17, 15) is 9.90 Å². The molecule has 0 saturated heterocycles. The van der Waals surface area contributed by atoms with E-state index >= 15 is 0 Å². The first-order valence-electron chi connectivity index (χ1n) is 7.92. The molecule has 1 heterocycles. The molecule has 0 atom stereocenters. The highest BCUT2D eigenvalue weighted by atomic mass is 16.5. The Morgan fingerprint density at radius 3 is 2.72 bits per heavy atom. The van der Waals surface area contributed by atoms with E-state index in [4.69, 9.17) is 4.74 Å². The van der Waals surface area contributed by atoms with E-state index < -0.39 is 0 Å². The topological polar surface area (TPSA) is 77.2 Å². The number of phenols is 1. The van der Waals surface area contributed by atoms with Crippen LogP contribution in [-0.2, 0) is 16.0 Å². The normalized spacial score (nSPS) is 10.8. The molecule has 0 aliphatic heterocycles. The number of carbonyl (C=O) groups is 1. The molecule has 0 amide bonds. The minimum Gasteiger partial charge on any atom is -0.506 e. The first-order chi connectivity index (χ1) is 11.9. The van der Waals surface area contributed by atoms with Crippen molar-refractivity contribution in [3.63, 3.8) is 0 Å². The van der Waals surface area contributed by atoms with Crippen molar-refractivity contribution in [3.05, 3.63) is 59.7 Å². The van der Waals surface area contributed by atoms with Gasteiger partial charge in [0.2, 0.25) is 0 Å². The molecule has 1 aromatic heterocycles. The summed E-state index contributed by atoms with van der Waals surface area (Å²) < 4.78 is 5.11. The van der Waals surface area contributed by atoms with Gasteiger partial charge in [0, 0.05) is 12.0 Å². The van der Waals surface area contributed by atoms with Crippen LogP contribution >= 0.6 is 0 Å². The summed E-state index contributed by atoms with van der Waals surface area (Å²) in [5.74, 6) is -0.264. The number of carbonyl (C=O) groups excluding carboxylic acids is 1. The third-order valence-electron chi connectivity index (χ3n) is 3.76. The molecule has 128 valence electrons. The molecular formula is C19H19N3O3. The predicted octanol–water partition coefficient (Wildman–Crippen LogP) is 3.10. The zero-order chi connectivity index (χ0) is 18.0. The van der Waals surface area contributed by atoms with Crippen molar-refractivity contribution in [3.8, 4) is 11.4 Å². The molecule has 0 saturated carbocycles. The number of ether oxygens (including phenoxy) is 1. The van der Waals surface area contributed by atoms with E-state index in [0.29, 0.717) is 23.2 Å². The standard InChI is InChI=1S/C19H19N3O3/c1-12(2)19(24)25-9-8-14-5-6-15-16(11-14)21-22(20-15)17-10-13(3)4-7-18(17)23/h4-7,10-11,23H,1,8-9H2,2-3H3. The molecule has 2 aromatic carbocycles. The second-order valence-corrected chi connectivity index (χ2v) is 5.97. The number of rotatable bonds is 5. The van der Waals surface area contributed by atoms with Gasteiger partial charge in [-0.25, -0.2) is 4.79 Å². The molecule has 0 bridgehead atoms. The maximum atomic E-state index is 11.4. The van der Waals surface area contributed by atoms with Crippen molar-refractivity contribution in [1.29, 1.82) is 0 Å². The number of benzene rings is 2. The fourth-order valence-electron chi connectivity index (χ4n) is 2.40. The number of aromatic hydroxyl groups is 1. The van der Waals surface area contributed by atoms with E-state index in [1.54, 1.807) is 13.0 Å². The number of esters is 1. The Bertz CT molecular complexity index is 960. The van der Waals surface area contributed by atoms with Gasteiger partial charge in [0.1, 0.15) is 22.5 Å². The molecule has 0 aliphatic rings. The second kappa shape index (κ2) is 6.76. The van der Waals surface area contributed by atoms with Crippen molar-refractivity contribution in [1.82, 2.24) is 15.0 Å². The summed E-state index contributed by atoms with van der Waals surface area (Å²) in [6.07, 6.45) is 0.581. The van der Waals surface area contributed by atoms with Crippen molar-refractivity contribution < 1.29 is 14.6 Å². The third kappa shape index (κ3) is 3.68. The summed E-state index contributed by atoms with van der Waals surface area (Å²) in [5.41, 5.74) is 4.36. The van der Waals surface area contributed by atoms with Crippen LogP contribution in [0.3, 0.4) is 0 Å². The summed E-state index contributed by atoms with van der Waals surface area (Å²) in [5, 5.41) is 18.9. The maximum absolute atomic E-state index is 11.4. The molecule has 0 aliphatic carbocycles. The smallest absolute Gasteiger partial charge is 0.333 e.